The molecule has 126 valence electrons. The number of H-pyrrole nitrogens is 1. The number of rotatable bonds is 2. The lowest BCUT2D eigenvalue weighted by molar-refractivity contribution is 0.0847. The normalized spacial score (nSPS) is 12.6. The van der Waals surface area contributed by atoms with Gasteiger partial charge in [-0.05, 0) is 24.3 Å². The number of carbonyl (C=O) groups excluding carboxylic acids is 2. The summed E-state index contributed by atoms with van der Waals surface area (Å²) in [7, 11) is 0. The molecule has 0 bridgehead atoms. The second-order valence-corrected chi connectivity index (χ2v) is 5.51. The van der Waals surface area contributed by atoms with Gasteiger partial charge in [0, 0.05) is 22.7 Å². The lowest BCUT2D eigenvalue weighted by Crippen LogP contribution is -2.41. The van der Waals surface area contributed by atoms with E-state index < -0.39 is 11.8 Å². The van der Waals surface area contributed by atoms with Crippen molar-refractivity contribution in [3.8, 4) is 11.5 Å². The number of aromatic nitrogens is 1. The Kier molecular flexibility index (Phi) is 3.74. The fourth-order valence-corrected chi connectivity index (χ4v) is 2.70. The van der Waals surface area contributed by atoms with E-state index in [4.69, 9.17) is 9.47 Å². The number of hydrogen-bond acceptors (Lipinski definition) is 4. The molecule has 2 amide bonds. The maximum absolute atomic E-state index is 12.3. The van der Waals surface area contributed by atoms with Gasteiger partial charge in [0.15, 0.2) is 11.5 Å². The van der Waals surface area contributed by atoms with E-state index in [1.807, 2.05) is 24.3 Å². The average Bonchev–Trinajstić information content (AvgIpc) is 3.09. The van der Waals surface area contributed by atoms with Crippen molar-refractivity contribution in [2.24, 2.45) is 0 Å². The molecule has 2 heterocycles. The van der Waals surface area contributed by atoms with Gasteiger partial charge >= 0.3 is 0 Å². The Bertz CT molecular complexity index is 964. The molecule has 0 atom stereocenters. The molecular weight excluding hydrogens is 322 g/mol. The second-order valence-electron chi connectivity index (χ2n) is 5.51. The number of hydrogen-bond donors (Lipinski definition) is 3. The van der Waals surface area contributed by atoms with Crippen molar-refractivity contribution in [3.63, 3.8) is 0 Å². The largest absolute Gasteiger partial charge is 0.486 e. The smallest absolute Gasteiger partial charge is 0.271 e. The van der Waals surface area contributed by atoms with E-state index in [1.165, 1.54) is 0 Å². The van der Waals surface area contributed by atoms with Crippen LogP contribution < -0.4 is 20.3 Å². The summed E-state index contributed by atoms with van der Waals surface area (Å²) in [5.74, 6) is 0.279. The number of benzene rings is 2. The number of ether oxygens (including phenoxy) is 2. The van der Waals surface area contributed by atoms with Crippen LogP contribution in [0.5, 0.6) is 11.5 Å². The third kappa shape index (κ3) is 2.87. The van der Waals surface area contributed by atoms with Crippen molar-refractivity contribution < 1.29 is 19.1 Å². The highest BCUT2D eigenvalue weighted by Crippen LogP contribution is 2.30. The molecule has 7 heteroatoms. The van der Waals surface area contributed by atoms with Gasteiger partial charge in [-0.2, -0.15) is 0 Å². The van der Waals surface area contributed by atoms with Crippen molar-refractivity contribution in [1.29, 1.82) is 0 Å². The quantitative estimate of drug-likeness (QED) is 0.624. The van der Waals surface area contributed by atoms with Crippen LogP contribution in [-0.2, 0) is 0 Å². The van der Waals surface area contributed by atoms with Crippen LogP contribution in [0.25, 0.3) is 10.9 Å². The van der Waals surface area contributed by atoms with E-state index in [0.717, 1.165) is 10.9 Å². The molecule has 0 fully saturated rings. The van der Waals surface area contributed by atoms with Crippen molar-refractivity contribution in [1.82, 2.24) is 15.8 Å². The van der Waals surface area contributed by atoms with Crippen LogP contribution in [0, 0.1) is 0 Å². The number of amides is 2. The molecule has 25 heavy (non-hydrogen) atoms. The zero-order valence-corrected chi connectivity index (χ0v) is 13.2. The highest BCUT2D eigenvalue weighted by Gasteiger charge is 2.16. The summed E-state index contributed by atoms with van der Waals surface area (Å²) in [6, 6.07) is 12.3. The maximum atomic E-state index is 12.3. The third-order valence-electron chi connectivity index (χ3n) is 3.93. The molecule has 0 aliphatic carbocycles. The lowest BCUT2D eigenvalue weighted by Gasteiger charge is -2.18. The van der Waals surface area contributed by atoms with Crippen LogP contribution in [-0.4, -0.2) is 30.0 Å². The number of hydrazine groups is 1. The van der Waals surface area contributed by atoms with Crippen LogP contribution in [0.3, 0.4) is 0 Å². The fourth-order valence-electron chi connectivity index (χ4n) is 2.70. The highest BCUT2D eigenvalue weighted by atomic mass is 16.6. The molecule has 0 unspecified atom stereocenters. The number of fused-ring (bicyclic) bond motifs is 2. The average molecular weight is 337 g/mol. The summed E-state index contributed by atoms with van der Waals surface area (Å²) in [5.41, 5.74) is 6.51. The molecule has 7 nitrogen and oxygen atoms in total. The van der Waals surface area contributed by atoms with Crippen LogP contribution in [0.1, 0.15) is 20.7 Å². The van der Waals surface area contributed by atoms with Crippen molar-refractivity contribution in [3.05, 3.63) is 59.8 Å². The number of aromatic amines is 1. The molecule has 4 rings (SSSR count). The SMILES string of the molecule is O=C(NNC(=O)c1c[nH]c2ccccc12)c1ccc2c(c1)OCCO2. The minimum Gasteiger partial charge on any atom is -0.486 e. The first kappa shape index (κ1) is 15.1. The second kappa shape index (κ2) is 6.20. The molecule has 0 saturated carbocycles. The predicted molar refractivity (Wildman–Crippen MR) is 90.7 cm³/mol. The fraction of sp³-hybridized carbons (Fsp3) is 0.111. The molecule has 1 aliphatic rings. The molecule has 1 aromatic heterocycles. The zero-order valence-electron chi connectivity index (χ0n) is 13.2. The topological polar surface area (TPSA) is 92.5 Å². The summed E-state index contributed by atoms with van der Waals surface area (Å²) >= 11 is 0. The predicted octanol–water partition coefficient (Wildman–Crippen LogP) is 2.01. The number of nitrogens with one attached hydrogen (secondary N) is 3. The molecule has 0 spiro atoms. The summed E-state index contributed by atoms with van der Waals surface area (Å²) < 4.78 is 10.9. The summed E-state index contributed by atoms with van der Waals surface area (Å²) in [6.07, 6.45) is 1.61. The number of carbonyl (C=O) groups is 2. The van der Waals surface area contributed by atoms with Gasteiger partial charge in [0.2, 0.25) is 0 Å². The van der Waals surface area contributed by atoms with Gasteiger partial charge in [-0.3, -0.25) is 20.4 Å². The van der Waals surface area contributed by atoms with Gasteiger partial charge in [-0.15, -0.1) is 0 Å². The molecule has 2 aromatic carbocycles. The Morgan fingerprint density at radius 2 is 1.68 bits per heavy atom. The molecule has 1 aliphatic heterocycles. The van der Waals surface area contributed by atoms with Crippen LogP contribution in [0.15, 0.2) is 48.7 Å². The molecule has 0 radical (unpaired) electrons. The Labute approximate surface area is 142 Å². The molecule has 3 aromatic rings. The highest BCUT2D eigenvalue weighted by molar-refractivity contribution is 6.07. The van der Waals surface area contributed by atoms with Crippen molar-refractivity contribution in [2.45, 2.75) is 0 Å². The summed E-state index contributed by atoms with van der Waals surface area (Å²) in [6.45, 7) is 0.925. The van der Waals surface area contributed by atoms with Gasteiger partial charge in [-0.1, -0.05) is 18.2 Å². The monoisotopic (exact) mass is 337 g/mol. The Balaban J connectivity index is 1.45. The van der Waals surface area contributed by atoms with E-state index in [0.29, 0.717) is 35.8 Å². The lowest BCUT2D eigenvalue weighted by atomic mass is 10.1. The van der Waals surface area contributed by atoms with Crippen LogP contribution in [0.2, 0.25) is 0 Å². The standard InChI is InChI=1S/C18H15N3O4/c22-17(11-5-6-15-16(9-11)25-8-7-24-15)20-21-18(23)13-10-19-14-4-2-1-3-12(13)14/h1-6,9-10,19H,7-8H2,(H,20,22)(H,21,23). The van der Waals surface area contributed by atoms with Gasteiger partial charge < -0.3 is 14.5 Å². The van der Waals surface area contributed by atoms with Crippen LogP contribution in [0.4, 0.5) is 0 Å². The van der Waals surface area contributed by atoms with Crippen molar-refractivity contribution >= 4 is 22.7 Å². The Hall–Kier alpha value is -3.48. The zero-order chi connectivity index (χ0) is 17.2. The minimum absolute atomic E-state index is 0.364. The molecule has 3 N–H and O–H groups in total. The van der Waals surface area contributed by atoms with Gasteiger partial charge in [0.1, 0.15) is 13.2 Å². The van der Waals surface area contributed by atoms with Gasteiger partial charge in [-0.25, -0.2) is 0 Å². The third-order valence-corrected chi connectivity index (χ3v) is 3.93. The Morgan fingerprint density at radius 3 is 2.56 bits per heavy atom. The first-order chi connectivity index (χ1) is 12.2. The number of para-hydroxylation sites is 1. The van der Waals surface area contributed by atoms with Crippen LogP contribution >= 0.6 is 0 Å². The van der Waals surface area contributed by atoms with Gasteiger partial charge in [0.05, 0.1) is 5.56 Å². The van der Waals surface area contributed by atoms with E-state index >= 15 is 0 Å². The van der Waals surface area contributed by atoms with E-state index in [-0.39, 0.29) is 0 Å². The maximum Gasteiger partial charge on any atom is 0.271 e. The first-order valence-electron chi connectivity index (χ1n) is 7.79. The first-order valence-corrected chi connectivity index (χ1v) is 7.79. The summed E-state index contributed by atoms with van der Waals surface area (Å²) in [5, 5.41) is 0.786. The van der Waals surface area contributed by atoms with Crippen molar-refractivity contribution in [2.75, 3.05) is 13.2 Å². The van der Waals surface area contributed by atoms with E-state index in [9.17, 15) is 9.59 Å². The molecule has 0 saturated heterocycles. The van der Waals surface area contributed by atoms with E-state index in [2.05, 4.69) is 15.8 Å². The van der Waals surface area contributed by atoms with Gasteiger partial charge in [0.25, 0.3) is 11.8 Å². The van der Waals surface area contributed by atoms with E-state index in [1.54, 1.807) is 24.4 Å². The Morgan fingerprint density at radius 1 is 0.920 bits per heavy atom. The minimum atomic E-state index is -0.440. The molecular formula is C18H15N3O4. The summed E-state index contributed by atoms with van der Waals surface area (Å²) in [4.78, 5) is 27.6.